The van der Waals surface area contributed by atoms with Crippen molar-refractivity contribution >= 4 is 17.6 Å². The average Bonchev–Trinajstić information content (AvgIpc) is 2.62. The summed E-state index contributed by atoms with van der Waals surface area (Å²) < 4.78 is 0. The van der Waals surface area contributed by atoms with Gasteiger partial charge in [0.15, 0.2) is 11.0 Å². The first kappa shape index (κ1) is 17.7. The minimum Gasteiger partial charge on any atom is -0.353 e. The van der Waals surface area contributed by atoms with Crippen LogP contribution < -0.4 is 4.90 Å². The molecule has 130 valence electrons. The normalized spacial score (nSPS) is 15.4. The molecule has 25 heavy (non-hydrogen) atoms. The maximum atomic E-state index is 9.84. The van der Waals surface area contributed by atoms with Gasteiger partial charge in [-0.25, -0.2) is 9.97 Å². The number of hydrogen-bond donors (Lipinski definition) is 0. The quantitative estimate of drug-likeness (QED) is 0.621. The van der Waals surface area contributed by atoms with Gasteiger partial charge < -0.3 is 9.80 Å². The average molecular weight is 353 g/mol. The second kappa shape index (κ2) is 7.85. The van der Waals surface area contributed by atoms with Gasteiger partial charge >= 0.3 is 0 Å². The molecule has 1 aromatic heterocycles. The molecule has 1 aliphatic rings. The van der Waals surface area contributed by atoms with Gasteiger partial charge in [0.1, 0.15) is 11.6 Å². The Balaban J connectivity index is 2.10. The number of aromatic nitrogens is 2. The van der Waals surface area contributed by atoms with Crippen molar-refractivity contribution in [2.75, 3.05) is 38.1 Å². The van der Waals surface area contributed by atoms with E-state index in [1.54, 1.807) is 11.8 Å². The zero-order valence-electron chi connectivity index (χ0n) is 14.9. The van der Waals surface area contributed by atoms with E-state index in [9.17, 15) is 5.26 Å². The lowest BCUT2D eigenvalue weighted by Crippen LogP contribution is -2.45. The number of rotatable bonds is 4. The van der Waals surface area contributed by atoms with Gasteiger partial charge in [-0.3, -0.25) is 0 Å². The molecule has 3 rings (SSSR count). The monoisotopic (exact) mass is 353 g/mol. The van der Waals surface area contributed by atoms with Crippen LogP contribution in [0.25, 0.3) is 11.3 Å². The van der Waals surface area contributed by atoms with Crippen LogP contribution in [-0.4, -0.2) is 53.3 Å². The molecule has 0 bridgehead atoms. The van der Waals surface area contributed by atoms with Gasteiger partial charge in [0.25, 0.3) is 0 Å². The maximum absolute atomic E-state index is 9.84. The molecule has 1 saturated heterocycles. The van der Waals surface area contributed by atoms with Gasteiger partial charge in [-0.1, -0.05) is 55.9 Å². The van der Waals surface area contributed by atoms with Crippen LogP contribution in [0.1, 0.15) is 19.4 Å². The maximum Gasteiger partial charge on any atom is 0.190 e. The van der Waals surface area contributed by atoms with Crippen LogP contribution in [0.5, 0.6) is 0 Å². The highest BCUT2D eigenvalue weighted by Gasteiger charge is 2.23. The smallest absolute Gasteiger partial charge is 0.190 e. The summed E-state index contributed by atoms with van der Waals surface area (Å²) in [6.07, 6.45) is 0. The third-order valence-corrected chi connectivity index (χ3v) is 5.04. The number of benzene rings is 1. The zero-order valence-corrected chi connectivity index (χ0v) is 15.8. The molecule has 5 nitrogen and oxygen atoms in total. The number of anilines is 1. The van der Waals surface area contributed by atoms with E-state index in [1.165, 1.54) is 0 Å². The molecule has 6 heteroatoms. The summed E-state index contributed by atoms with van der Waals surface area (Å²) in [6, 6.07) is 12.3. The number of likely N-dealkylation sites (N-methyl/N-ethyl adjacent to an activating group) is 1. The first-order chi connectivity index (χ1) is 12.1. The Morgan fingerprint density at radius 2 is 1.76 bits per heavy atom. The van der Waals surface area contributed by atoms with Crippen molar-refractivity contribution in [1.82, 2.24) is 14.9 Å². The third kappa shape index (κ3) is 4.12. The van der Waals surface area contributed by atoms with E-state index in [-0.39, 0.29) is 0 Å². The van der Waals surface area contributed by atoms with E-state index in [4.69, 9.17) is 9.97 Å². The molecule has 1 aromatic carbocycles. The van der Waals surface area contributed by atoms with E-state index in [0.29, 0.717) is 10.8 Å². The summed E-state index contributed by atoms with van der Waals surface area (Å²) >= 11 is 1.64. The van der Waals surface area contributed by atoms with Crippen LogP contribution in [-0.2, 0) is 0 Å². The summed E-state index contributed by atoms with van der Waals surface area (Å²) in [5.74, 6) is 0.771. The van der Waals surface area contributed by atoms with Crippen molar-refractivity contribution in [3.8, 4) is 17.3 Å². The standard InChI is InChI=1S/C19H23N5S/c1-14(2)25-19-21-17(15-7-5-4-6-8-15)16(13-20)18(22-19)24-11-9-23(3)10-12-24/h4-8,14H,9-12H2,1-3H3. The molecule has 0 unspecified atom stereocenters. The van der Waals surface area contributed by atoms with Crippen molar-refractivity contribution in [1.29, 1.82) is 5.26 Å². The molecule has 1 fully saturated rings. The molecule has 0 spiro atoms. The van der Waals surface area contributed by atoms with Crippen molar-refractivity contribution in [3.63, 3.8) is 0 Å². The van der Waals surface area contributed by atoms with E-state index in [2.05, 4.69) is 36.8 Å². The predicted molar refractivity (Wildman–Crippen MR) is 103 cm³/mol. The van der Waals surface area contributed by atoms with Crippen LogP contribution in [0.2, 0.25) is 0 Å². The molecular formula is C19H23N5S. The second-order valence-corrected chi connectivity index (χ2v) is 8.03. The summed E-state index contributed by atoms with van der Waals surface area (Å²) in [6.45, 7) is 7.96. The molecule has 0 saturated carbocycles. The van der Waals surface area contributed by atoms with Gasteiger partial charge in [-0.2, -0.15) is 5.26 Å². The zero-order chi connectivity index (χ0) is 17.8. The van der Waals surface area contributed by atoms with E-state index < -0.39 is 0 Å². The predicted octanol–water partition coefficient (Wildman–Crippen LogP) is 3.27. The van der Waals surface area contributed by atoms with Crippen molar-refractivity contribution in [2.45, 2.75) is 24.3 Å². The van der Waals surface area contributed by atoms with Crippen LogP contribution in [0, 0.1) is 11.3 Å². The molecule has 0 atom stereocenters. The third-order valence-electron chi connectivity index (χ3n) is 4.17. The Kier molecular flexibility index (Phi) is 5.57. The van der Waals surface area contributed by atoms with Gasteiger partial charge in [0, 0.05) is 37.0 Å². The molecule has 2 aromatic rings. The highest BCUT2D eigenvalue weighted by molar-refractivity contribution is 7.99. The van der Waals surface area contributed by atoms with Gasteiger partial charge in [-0.05, 0) is 7.05 Å². The minimum absolute atomic E-state index is 0.386. The Bertz CT molecular complexity index is 761. The first-order valence-corrected chi connectivity index (χ1v) is 9.44. The van der Waals surface area contributed by atoms with Gasteiger partial charge in [0.2, 0.25) is 0 Å². The minimum atomic E-state index is 0.386. The molecule has 0 radical (unpaired) electrons. The largest absolute Gasteiger partial charge is 0.353 e. The lowest BCUT2D eigenvalue weighted by molar-refractivity contribution is 0.311. The van der Waals surface area contributed by atoms with Crippen LogP contribution in [0.4, 0.5) is 5.82 Å². The van der Waals surface area contributed by atoms with Crippen LogP contribution >= 0.6 is 11.8 Å². The fraction of sp³-hybridized carbons (Fsp3) is 0.421. The Morgan fingerprint density at radius 1 is 1.08 bits per heavy atom. The summed E-state index contributed by atoms with van der Waals surface area (Å²) in [4.78, 5) is 14.0. The van der Waals surface area contributed by atoms with Crippen LogP contribution in [0.3, 0.4) is 0 Å². The number of nitrogens with zero attached hydrogens (tertiary/aromatic N) is 5. The summed E-state index contributed by atoms with van der Waals surface area (Å²) in [5, 5.41) is 11.0. The van der Waals surface area contributed by atoms with Crippen molar-refractivity contribution < 1.29 is 0 Å². The highest BCUT2D eigenvalue weighted by Crippen LogP contribution is 2.32. The molecule has 1 aliphatic heterocycles. The first-order valence-electron chi connectivity index (χ1n) is 8.56. The van der Waals surface area contributed by atoms with E-state index in [0.717, 1.165) is 48.4 Å². The van der Waals surface area contributed by atoms with Gasteiger partial charge in [-0.15, -0.1) is 0 Å². The molecule has 0 amide bonds. The van der Waals surface area contributed by atoms with Crippen molar-refractivity contribution in [3.05, 3.63) is 35.9 Å². The lowest BCUT2D eigenvalue weighted by atomic mass is 10.1. The van der Waals surface area contributed by atoms with Crippen LogP contribution in [0.15, 0.2) is 35.5 Å². The summed E-state index contributed by atoms with van der Waals surface area (Å²) in [5.41, 5.74) is 2.27. The highest BCUT2D eigenvalue weighted by atomic mass is 32.2. The molecular weight excluding hydrogens is 330 g/mol. The Morgan fingerprint density at radius 3 is 2.36 bits per heavy atom. The SMILES string of the molecule is CC(C)Sc1nc(-c2ccccc2)c(C#N)c(N2CCN(C)CC2)n1. The lowest BCUT2D eigenvalue weighted by Gasteiger charge is -2.34. The fourth-order valence-electron chi connectivity index (χ4n) is 2.85. The second-order valence-electron chi connectivity index (χ2n) is 6.49. The topological polar surface area (TPSA) is 56.1 Å². The number of piperazine rings is 1. The Labute approximate surface area is 153 Å². The van der Waals surface area contributed by atoms with Gasteiger partial charge in [0.05, 0.1) is 5.69 Å². The number of thioether (sulfide) groups is 1. The number of nitriles is 1. The number of hydrogen-bond acceptors (Lipinski definition) is 6. The van der Waals surface area contributed by atoms with Crippen molar-refractivity contribution in [2.24, 2.45) is 0 Å². The molecule has 0 N–H and O–H groups in total. The fourth-order valence-corrected chi connectivity index (χ4v) is 3.55. The summed E-state index contributed by atoms with van der Waals surface area (Å²) in [7, 11) is 2.12. The Hall–Kier alpha value is -2.10. The van der Waals surface area contributed by atoms with E-state index in [1.807, 2.05) is 30.3 Å². The van der Waals surface area contributed by atoms with E-state index >= 15 is 0 Å². The molecule has 2 heterocycles. The molecule has 0 aliphatic carbocycles.